The van der Waals surface area contributed by atoms with Crippen LogP contribution in [0.2, 0.25) is 10.0 Å². The van der Waals surface area contributed by atoms with Crippen molar-refractivity contribution >= 4 is 28.9 Å². The molecule has 0 radical (unpaired) electrons. The summed E-state index contributed by atoms with van der Waals surface area (Å²) in [6.07, 6.45) is 0.788. The second kappa shape index (κ2) is 5.87. The molecule has 0 saturated carbocycles. The van der Waals surface area contributed by atoms with E-state index >= 15 is 0 Å². The molecular weight excluding hydrogens is 231 g/mol. The Morgan fingerprint density at radius 1 is 1.33 bits per heavy atom. The minimum Gasteiger partial charge on any atom is -0.396 e. The molecule has 0 aromatic heterocycles. The van der Waals surface area contributed by atoms with E-state index in [0.717, 1.165) is 18.5 Å². The fourth-order valence-corrected chi connectivity index (χ4v) is 1.50. The number of halogens is 2. The third-order valence-corrected chi connectivity index (χ3v) is 2.44. The van der Waals surface area contributed by atoms with Crippen LogP contribution >= 0.6 is 23.2 Å². The van der Waals surface area contributed by atoms with Gasteiger partial charge in [0, 0.05) is 18.5 Å². The van der Waals surface area contributed by atoms with E-state index in [1.54, 1.807) is 12.1 Å². The first kappa shape index (κ1) is 12.2. The summed E-state index contributed by atoms with van der Waals surface area (Å²) < 4.78 is 0. The Hall–Kier alpha value is -0.880. The van der Waals surface area contributed by atoms with Crippen molar-refractivity contribution < 1.29 is 0 Å². The summed E-state index contributed by atoms with van der Waals surface area (Å²) in [6, 6.07) is 3.43. The molecule has 1 aromatic carbocycles. The van der Waals surface area contributed by atoms with Crippen LogP contribution in [0.15, 0.2) is 12.1 Å². The van der Waals surface area contributed by atoms with Crippen molar-refractivity contribution in [2.75, 3.05) is 19.3 Å². The zero-order valence-electron chi connectivity index (χ0n) is 8.40. The lowest BCUT2D eigenvalue weighted by Gasteiger charge is -2.01. The Balaban J connectivity index is 2.81. The maximum atomic E-state index is 5.87. The van der Waals surface area contributed by atoms with Gasteiger partial charge in [0.25, 0.3) is 0 Å². The Kier molecular flexibility index (Phi) is 4.77. The Labute approximate surface area is 99.8 Å². The minimum atomic E-state index is 0.402. The van der Waals surface area contributed by atoms with Gasteiger partial charge in [-0.15, -0.1) is 0 Å². The molecule has 0 amide bonds. The van der Waals surface area contributed by atoms with Crippen LogP contribution in [0.4, 0.5) is 5.69 Å². The molecule has 0 unspecified atom stereocenters. The quantitative estimate of drug-likeness (QED) is 0.476. The molecule has 0 heterocycles. The number of rotatable bonds is 2. The molecule has 1 rings (SSSR count). The molecule has 2 nitrogen and oxygen atoms in total. The second-order valence-electron chi connectivity index (χ2n) is 3.01. The van der Waals surface area contributed by atoms with E-state index in [1.807, 2.05) is 7.05 Å². The van der Waals surface area contributed by atoms with Crippen LogP contribution in [0.3, 0.4) is 0 Å². The van der Waals surface area contributed by atoms with Crippen LogP contribution in [-0.4, -0.2) is 13.6 Å². The van der Waals surface area contributed by atoms with Gasteiger partial charge in [-0.3, -0.25) is 0 Å². The third kappa shape index (κ3) is 3.64. The summed E-state index contributed by atoms with van der Waals surface area (Å²) >= 11 is 11.7. The second-order valence-corrected chi connectivity index (χ2v) is 3.82. The zero-order valence-corrected chi connectivity index (χ0v) is 9.91. The molecule has 0 saturated heterocycles. The monoisotopic (exact) mass is 242 g/mol. The number of nitrogens with two attached hydrogens (primary N) is 1. The molecule has 0 bridgehead atoms. The van der Waals surface area contributed by atoms with Crippen LogP contribution in [0.1, 0.15) is 12.0 Å². The summed E-state index contributed by atoms with van der Waals surface area (Å²) in [4.78, 5) is 0. The molecule has 80 valence electrons. The largest absolute Gasteiger partial charge is 0.396 e. The lowest BCUT2D eigenvalue weighted by Crippen LogP contribution is -2.05. The number of nitrogens with one attached hydrogen (secondary N) is 1. The normalized spacial score (nSPS) is 9.53. The third-order valence-electron chi connectivity index (χ3n) is 1.81. The molecular formula is C11H12Cl2N2. The summed E-state index contributed by atoms with van der Waals surface area (Å²) in [5.41, 5.74) is 6.79. The molecule has 3 N–H and O–H groups in total. The van der Waals surface area contributed by atoms with Crippen LogP contribution in [-0.2, 0) is 0 Å². The van der Waals surface area contributed by atoms with Crippen LogP contribution < -0.4 is 11.1 Å². The summed E-state index contributed by atoms with van der Waals surface area (Å²) in [5, 5.41) is 3.90. The summed E-state index contributed by atoms with van der Waals surface area (Å²) in [5.74, 6) is 5.98. The Morgan fingerprint density at radius 2 is 1.93 bits per heavy atom. The smallest absolute Gasteiger partial charge is 0.0693 e. The van der Waals surface area contributed by atoms with Gasteiger partial charge in [0.05, 0.1) is 15.7 Å². The van der Waals surface area contributed by atoms with E-state index in [4.69, 9.17) is 28.9 Å². The van der Waals surface area contributed by atoms with Gasteiger partial charge in [0.1, 0.15) is 0 Å². The van der Waals surface area contributed by atoms with E-state index in [0.29, 0.717) is 15.7 Å². The van der Waals surface area contributed by atoms with Gasteiger partial charge >= 0.3 is 0 Å². The molecule has 0 aliphatic carbocycles. The van der Waals surface area contributed by atoms with Gasteiger partial charge in [-0.2, -0.15) is 0 Å². The molecule has 15 heavy (non-hydrogen) atoms. The predicted molar refractivity (Wildman–Crippen MR) is 66.3 cm³/mol. The molecule has 4 heteroatoms. The van der Waals surface area contributed by atoms with Gasteiger partial charge in [-0.05, 0) is 19.2 Å². The predicted octanol–water partition coefficient (Wildman–Crippen LogP) is 2.54. The SMILES string of the molecule is CNCCC#Cc1cc(Cl)c(N)c(Cl)c1. The number of hydrogen-bond acceptors (Lipinski definition) is 2. The van der Waals surface area contributed by atoms with Crippen LogP contribution in [0.5, 0.6) is 0 Å². The highest BCUT2D eigenvalue weighted by Crippen LogP contribution is 2.28. The van der Waals surface area contributed by atoms with Gasteiger partial charge in [0.2, 0.25) is 0 Å². The first-order valence-electron chi connectivity index (χ1n) is 4.53. The maximum absolute atomic E-state index is 5.87. The van der Waals surface area contributed by atoms with Crippen LogP contribution in [0, 0.1) is 11.8 Å². The maximum Gasteiger partial charge on any atom is 0.0693 e. The minimum absolute atomic E-state index is 0.402. The first-order chi connectivity index (χ1) is 7.15. The lowest BCUT2D eigenvalue weighted by atomic mass is 10.2. The molecule has 0 aliphatic heterocycles. The van der Waals surface area contributed by atoms with Crippen molar-refractivity contribution in [2.45, 2.75) is 6.42 Å². The average Bonchev–Trinajstić information content (AvgIpc) is 2.21. The highest BCUT2D eigenvalue weighted by Gasteiger charge is 2.02. The molecule has 0 aliphatic rings. The van der Waals surface area contributed by atoms with Gasteiger partial charge in [-0.25, -0.2) is 0 Å². The summed E-state index contributed by atoms with van der Waals surface area (Å²) in [6.45, 7) is 0.865. The van der Waals surface area contributed by atoms with Gasteiger partial charge in [-0.1, -0.05) is 35.0 Å². The average molecular weight is 243 g/mol. The van der Waals surface area contributed by atoms with E-state index in [1.165, 1.54) is 0 Å². The molecule has 0 fully saturated rings. The van der Waals surface area contributed by atoms with Gasteiger partial charge in [0.15, 0.2) is 0 Å². The fourth-order valence-electron chi connectivity index (χ4n) is 1.01. The van der Waals surface area contributed by atoms with E-state index in [2.05, 4.69) is 17.2 Å². The Morgan fingerprint density at radius 3 is 2.47 bits per heavy atom. The molecule has 1 aromatic rings. The number of nitrogen functional groups attached to an aromatic ring is 1. The van der Waals surface area contributed by atoms with Crippen molar-refractivity contribution in [3.05, 3.63) is 27.7 Å². The zero-order chi connectivity index (χ0) is 11.3. The first-order valence-corrected chi connectivity index (χ1v) is 5.28. The van der Waals surface area contributed by atoms with Crippen molar-refractivity contribution in [1.82, 2.24) is 5.32 Å². The van der Waals surface area contributed by atoms with E-state index in [-0.39, 0.29) is 0 Å². The molecule has 0 atom stereocenters. The van der Waals surface area contributed by atoms with Gasteiger partial charge < -0.3 is 11.1 Å². The highest BCUT2D eigenvalue weighted by molar-refractivity contribution is 6.39. The summed E-state index contributed by atoms with van der Waals surface area (Å²) in [7, 11) is 1.89. The fraction of sp³-hybridized carbons (Fsp3) is 0.273. The van der Waals surface area contributed by atoms with E-state index < -0.39 is 0 Å². The lowest BCUT2D eigenvalue weighted by molar-refractivity contribution is 0.818. The van der Waals surface area contributed by atoms with E-state index in [9.17, 15) is 0 Å². The number of hydrogen-bond donors (Lipinski definition) is 2. The van der Waals surface area contributed by atoms with Crippen molar-refractivity contribution in [2.24, 2.45) is 0 Å². The van der Waals surface area contributed by atoms with Crippen molar-refractivity contribution in [1.29, 1.82) is 0 Å². The highest BCUT2D eigenvalue weighted by atomic mass is 35.5. The molecule has 0 spiro atoms. The van der Waals surface area contributed by atoms with Crippen molar-refractivity contribution in [3.63, 3.8) is 0 Å². The number of benzene rings is 1. The topological polar surface area (TPSA) is 38.0 Å². The van der Waals surface area contributed by atoms with Crippen molar-refractivity contribution in [3.8, 4) is 11.8 Å². The Bertz CT molecular complexity index is 382. The van der Waals surface area contributed by atoms with Crippen LogP contribution in [0.25, 0.3) is 0 Å². The number of anilines is 1. The standard InChI is InChI=1S/C11H12Cl2N2/c1-15-5-3-2-4-8-6-9(12)11(14)10(13)7-8/h6-7,15H,3,5,14H2,1H3.